The van der Waals surface area contributed by atoms with Crippen molar-refractivity contribution in [3.63, 3.8) is 0 Å². The Morgan fingerprint density at radius 2 is 2.11 bits per heavy atom. The lowest BCUT2D eigenvalue weighted by atomic mass is 10.2. The van der Waals surface area contributed by atoms with E-state index in [4.69, 9.17) is 11.6 Å². The largest absolute Gasteiger partial charge is 0.321 e. The number of halogens is 3. The van der Waals surface area contributed by atoms with Crippen molar-refractivity contribution in [2.45, 2.75) is 0 Å². The summed E-state index contributed by atoms with van der Waals surface area (Å²) in [4.78, 5) is 15.3. The molecule has 0 radical (unpaired) electrons. The zero-order chi connectivity index (χ0) is 13.1. The second kappa shape index (κ2) is 5.46. The summed E-state index contributed by atoms with van der Waals surface area (Å²) in [6.45, 7) is 0. The summed E-state index contributed by atoms with van der Waals surface area (Å²) in [5.74, 6) is -1.01. The molecule has 0 aliphatic rings. The molecule has 18 heavy (non-hydrogen) atoms. The van der Waals surface area contributed by atoms with Crippen LogP contribution >= 0.6 is 27.5 Å². The number of anilines is 1. The number of carbonyl (C=O) groups is 1. The van der Waals surface area contributed by atoms with Crippen LogP contribution in [0, 0.1) is 5.95 Å². The summed E-state index contributed by atoms with van der Waals surface area (Å²) >= 11 is 9.17. The van der Waals surface area contributed by atoms with E-state index in [0.717, 1.165) is 6.07 Å². The van der Waals surface area contributed by atoms with Crippen molar-refractivity contribution in [3.8, 4) is 0 Å². The normalized spacial score (nSPS) is 10.2. The van der Waals surface area contributed by atoms with Gasteiger partial charge >= 0.3 is 0 Å². The number of pyridine rings is 1. The van der Waals surface area contributed by atoms with Crippen molar-refractivity contribution < 1.29 is 9.18 Å². The molecule has 0 atom stereocenters. The number of hydrogen-bond acceptors (Lipinski definition) is 2. The zero-order valence-corrected chi connectivity index (χ0v) is 11.3. The Morgan fingerprint density at radius 3 is 2.78 bits per heavy atom. The van der Waals surface area contributed by atoms with E-state index in [-0.39, 0.29) is 11.5 Å². The van der Waals surface area contributed by atoms with Crippen LogP contribution in [-0.2, 0) is 0 Å². The molecule has 0 aliphatic carbocycles. The lowest BCUT2D eigenvalue weighted by Gasteiger charge is -2.08. The third-order valence-electron chi connectivity index (χ3n) is 2.19. The molecule has 1 amide bonds. The van der Waals surface area contributed by atoms with Gasteiger partial charge in [0.15, 0.2) is 0 Å². The quantitative estimate of drug-likeness (QED) is 0.849. The summed E-state index contributed by atoms with van der Waals surface area (Å²) in [5.41, 5.74) is 0.806. The van der Waals surface area contributed by atoms with Crippen molar-refractivity contribution in [2.24, 2.45) is 0 Å². The predicted molar refractivity (Wildman–Crippen MR) is 71.3 cm³/mol. The predicted octanol–water partition coefficient (Wildman–Crippen LogP) is 3.89. The van der Waals surface area contributed by atoms with Crippen molar-refractivity contribution in [2.75, 3.05) is 5.32 Å². The standard InChI is InChI=1S/C12H7BrClFN2O/c13-11-8(14)2-1-3-9(11)17-12(18)7-4-5-10(15)16-6-7/h1-6H,(H,17,18). The number of nitrogens with one attached hydrogen (secondary N) is 1. The van der Waals surface area contributed by atoms with E-state index in [1.807, 2.05) is 0 Å². The van der Waals surface area contributed by atoms with Gasteiger partial charge in [0.25, 0.3) is 5.91 Å². The third kappa shape index (κ3) is 2.86. The number of rotatable bonds is 2. The Bertz CT molecular complexity index is 589. The first-order valence-electron chi connectivity index (χ1n) is 4.95. The Morgan fingerprint density at radius 1 is 1.33 bits per heavy atom. The first-order chi connectivity index (χ1) is 8.58. The van der Waals surface area contributed by atoms with Gasteiger partial charge in [-0.05, 0) is 40.2 Å². The molecule has 1 aromatic carbocycles. The third-order valence-corrected chi connectivity index (χ3v) is 3.59. The van der Waals surface area contributed by atoms with Gasteiger partial charge in [-0.1, -0.05) is 17.7 Å². The van der Waals surface area contributed by atoms with E-state index in [1.165, 1.54) is 12.3 Å². The maximum Gasteiger partial charge on any atom is 0.257 e. The van der Waals surface area contributed by atoms with Gasteiger partial charge in [-0.15, -0.1) is 0 Å². The molecule has 0 bridgehead atoms. The second-order valence-electron chi connectivity index (χ2n) is 3.43. The van der Waals surface area contributed by atoms with Gasteiger partial charge in [-0.25, -0.2) is 4.98 Å². The van der Waals surface area contributed by atoms with Gasteiger partial charge < -0.3 is 5.32 Å². The Hall–Kier alpha value is -1.46. The van der Waals surface area contributed by atoms with E-state index in [2.05, 4.69) is 26.2 Å². The van der Waals surface area contributed by atoms with Crippen LogP contribution in [-0.4, -0.2) is 10.9 Å². The first-order valence-corrected chi connectivity index (χ1v) is 6.12. The first kappa shape index (κ1) is 13.0. The molecule has 1 N–H and O–H groups in total. The van der Waals surface area contributed by atoms with E-state index in [1.54, 1.807) is 18.2 Å². The number of amides is 1. The number of nitrogens with zero attached hydrogens (tertiary/aromatic N) is 1. The van der Waals surface area contributed by atoms with Crippen LogP contribution in [0.5, 0.6) is 0 Å². The minimum absolute atomic E-state index is 0.267. The average Bonchev–Trinajstić information content (AvgIpc) is 2.36. The van der Waals surface area contributed by atoms with Crippen molar-refractivity contribution in [1.29, 1.82) is 0 Å². The second-order valence-corrected chi connectivity index (χ2v) is 4.63. The molecule has 1 aromatic heterocycles. The molecular weight excluding hydrogens is 322 g/mol. The van der Waals surface area contributed by atoms with Gasteiger partial charge in [0, 0.05) is 6.20 Å². The topological polar surface area (TPSA) is 42.0 Å². The lowest BCUT2D eigenvalue weighted by molar-refractivity contribution is 0.102. The van der Waals surface area contributed by atoms with E-state index in [0.29, 0.717) is 15.2 Å². The Labute approximate surface area is 116 Å². The highest BCUT2D eigenvalue weighted by Gasteiger charge is 2.10. The molecule has 92 valence electrons. The monoisotopic (exact) mass is 328 g/mol. The molecule has 0 saturated carbocycles. The van der Waals surface area contributed by atoms with Gasteiger partial charge in [0.1, 0.15) is 0 Å². The van der Waals surface area contributed by atoms with Crippen molar-refractivity contribution in [3.05, 3.63) is 57.5 Å². The van der Waals surface area contributed by atoms with Gasteiger partial charge in [0.2, 0.25) is 5.95 Å². The fourth-order valence-corrected chi connectivity index (χ4v) is 1.84. The minimum Gasteiger partial charge on any atom is -0.321 e. The molecule has 0 spiro atoms. The van der Waals surface area contributed by atoms with E-state index in [9.17, 15) is 9.18 Å². The number of aromatic nitrogens is 1. The minimum atomic E-state index is -0.629. The van der Waals surface area contributed by atoms with Gasteiger partial charge in [-0.3, -0.25) is 4.79 Å². The van der Waals surface area contributed by atoms with Crippen LogP contribution < -0.4 is 5.32 Å². The van der Waals surface area contributed by atoms with Crippen LogP contribution in [0.3, 0.4) is 0 Å². The number of carbonyl (C=O) groups excluding carboxylic acids is 1. The Balaban J connectivity index is 2.21. The molecule has 0 aliphatic heterocycles. The molecule has 0 saturated heterocycles. The Kier molecular flexibility index (Phi) is 3.93. The van der Waals surface area contributed by atoms with Gasteiger partial charge in [-0.2, -0.15) is 4.39 Å². The summed E-state index contributed by atoms with van der Waals surface area (Å²) in [7, 11) is 0. The molecule has 0 unspecified atom stereocenters. The summed E-state index contributed by atoms with van der Waals surface area (Å²) in [6.07, 6.45) is 1.17. The molecule has 0 fully saturated rings. The molecule has 3 nitrogen and oxygen atoms in total. The highest BCUT2D eigenvalue weighted by atomic mass is 79.9. The SMILES string of the molecule is O=C(Nc1cccc(Cl)c1Br)c1ccc(F)nc1. The zero-order valence-electron chi connectivity index (χ0n) is 8.95. The smallest absolute Gasteiger partial charge is 0.257 e. The van der Waals surface area contributed by atoms with Crippen LogP contribution in [0.2, 0.25) is 5.02 Å². The molecule has 1 heterocycles. The van der Waals surface area contributed by atoms with E-state index < -0.39 is 5.95 Å². The van der Waals surface area contributed by atoms with Crippen LogP contribution in [0.15, 0.2) is 41.0 Å². The molecule has 2 rings (SSSR count). The highest BCUT2D eigenvalue weighted by Crippen LogP contribution is 2.30. The fraction of sp³-hybridized carbons (Fsp3) is 0. The van der Waals surface area contributed by atoms with Gasteiger partial charge in [0.05, 0.1) is 20.7 Å². The van der Waals surface area contributed by atoms with Crippen LogP contribution in [0.25, 0.3) is 0 Å². The van der Waals surface area contributed by atoms with Crippen molar-refractivity contribution >= 4 is 39.1 Å². The van der Waals surface area contributed by atoms with E-state index >= 15 is 0 Å². The highest BCUT2D eigenvalue weighted by molar-refractivity contribution is 9.10. The average molecular weight is 330 g/mol. The fourth-order valence-electron chi connectivity index (χ4n) is 1.30. The maximum atomic E-state index is 12.6. The molecule has 6 heteroatoms. The summed E-state index contributed by atoms with van der Waals surface area (Å²) < 4.78 is 13.2. The molecular formula is C12H7BrClFN2O. The van der Waals surface area contributed by atoms with Crippen LogP contribution in [0.1, 0.15) is 10.4 Å². The maximum absolute atomic E-state index is 12.6. The summed E-state index contributed by atoms with van der Waals surface area (Å²) in [5, 5.41) is 3.14. The summed E-state index contributed by atoms with van der Waals surface area (Å²) in [6, 6.07) is 7.59. The number of benzene rings is 1. The molecule has 2 aromatic rings. The van der Waals surface area contributed by atoms with Crippen LogP contribution in [0.4, 0.5) is 10.1 Å². The van der Waals surface area contributed by atoms with Crippen molar-refractivity contribution in [1.82, 2.24) is 4.98 Å². The number of hydrogen-bond donors (Lipinski definition) is 1. The lowest BCUT2D eigenvalue weighted by Crippen LogP contribution is -2.12.